The molecule has 1 aromatic heterocycles. The van der Waals surface area contributed by atoms with E-state index in [1.54, 1.807) is 18.3 Å². The topological polar surface area (TPSA) is 50.9 Å². The van der Waals surface area contributed by atoms with Gasteiger partial charge in [0.2, 0.25) is 0 Å². The van der Waals surface area contributed by atoms with Gasteiger partial charge in [0.15, 0.2) is 0 Å². The van der Waals surface area contributed by atoms with Gasteiger partial charge >= 0.3 is 0 Å². The monoisotopic (exact) mass is 281 g/mol. The first kappa shape index (κ1) is 13.7. The summed E-state index contributed by atoms with van der Waals surface area (Å²) in [6.45, 7) is 0. The molecule has 0 saturated carbocycles. The number of benzene rings is 2. The Morgan fingerprint density at radius 3 is 2.48 bits per heavy atom. The van der Waals surface area contributed by atoms with Crippen molar-refractivity contribution in [2.75, 3.05) is 0 Å². The van der Waals surface area contributed by atoms with Gasteiger partial charge in [-0.15, -0.1) is 0 Å². The van der Waals surface area contributed by atoms with Crippen molar-refractivity contribution in [3.63, 3.8) is 0 Å². The van der Waals surface area contributed by atoms with Gasteiger partial charge in [-0.05, 0) is 29.1 Å². The largest absolute Gasteiger partial charge is 0.271 e. The van der Waals surface area contributed by atoms with Crippen LogP contribution < -0.4 is 11.3 Å². The Hall–Kier alpha value is -2.30. The van der Waals surface area contributed by atoms with Crippen LogP contribution in [0.5, 0.6) is 0 Å². The molecular formula is C17H16FN3. The lowest BCUT2D eigenvalue weighted by atomic mass is 9.95. The van der Waals surface area contributed by atoms with Crippen molar-refractivity contribution in [2.45, 2.75) is 12.5 Å². The molecule has 1 unspecified atom stereocenters. The first-order chi connectivity index (χ1) is 10.3. The van der Waals surface area contributed by atoms with Gasteiger partial charge in [0.25, 0.3) is 0 Å². The van der Waals surface area contributed by atoms with Crippen molar-refractivity contribution in [3.05, 3.63) is 77.9 Å². The Labute approximate surface area is 122 Å². The molecule has 3 N–H and O–H groups in total. The molecule has 0 radical (unpaired) electrons. The van der Waals surface area contributed by atoms with Crippen molar-refractivity contribution < 1.29 is 4.39 Å². The van der Waals surface area contributed by atoms with Gasteiger partial charge in [0, 0.05) is 23.7 Å². The fourth-order valence-electron chi connectivity index (χ4n) is 2.58. The van der Waals surface area contributed by atoms with E-state index < -0.39 is 0 Å². The predicted octanol–water partition coefficient (Wildman–Crippen LogP) is 3.12. The number of aromatic nitrogens is 1. The van der Waals surface area contributed by atoms with Crippen molar-refractivity contribution in [1.82, 2.24) is 10.4 Å². The molecule has 1 atom stereocenters. The van der Waals surface area contributed by atoms with Crippen LogP contribution in [0.4, 0.5) is 4.39 Å². The number of nitrogens with two attached hydrogens (primary N) is 1. The Balaban J connectivity index is 2.03. The highest BCUT2D eigenvalue weighted by Crippen LogP contribution is 2.27. The molecule has 0 amide bonds. The molecule has 0 spiro atoms. The molecule has 0 saturated heterocycles. The molecule has 0 fully saturated rings. The van der Waals surface area contributed by atoms with Crippen molar-refractivity contribution in [1.29, 1.82) is 0 Å². The molecule has 0 bridgehead atoms. The van der Waals surface area contributed by atoms with Gasteiger partial charge < -0.3 is 0 Å². The zero-order chi connectivity index (χ0) is 14.7. The third-order valence-corrected chi connectivity index (χ3v) is 3.62. The number of hydrogen-bond acceptors (Lipinski definition) is 3. The molecule has 106 valence electrons. The van der Waals surface area contributed by atoms with Gasteiger partial charge in [-0.3, -0.25) is 16.3 Å². The second kappa shape index (κ2) is 5.99. The molecule has 0 aliphatic carbocycles. The van der Waals surface area contributed by atoms with Crippen LogP contribution in [0.15, 0.2) is 60.8 Å². The van der Waals surface area contributed by atoms with Crippen LogP contribution in [0, 0.1) is 5.82 Å². The van der Waals surface area contributed by atoms with E-state index >= 15 is 0 Å². The third kappa shape index (κ3) is 2.77. The van der Waals surface area contributed by atoms with Crippen molar-refractivity contribution in [3.8, 4) is 0 Å². The average molecular weight is 281 g/mol. The number of hydrogen-bond donors (Lipinski definition) is 2. The van der Waals surface area contributed by atoms with Crippen LogP contribution in [0.3, 0.4) is 0 Å². The summed E-state index contributed by atoms with van der Waals surface area (Å²) in [5.41, 5.74) is 4.73. The summed E-state index contributed by atoms with van der Waals surface area (Å²) < 4.78 is 13.9. The van der Waals surface area contributed by atoms with Gasteiger partial charge in [0.05, 0.1) is 6.04 Å². The minimum atomic E-state index is -0.219. The van der Waals surface area contributed by atoms with E-state index in [-0.39, 0.29) is 11.9 Å². The first-order valence-electron chi connectivity index (χ1n) is 6.83. The summed E-state index contributed by atoms with van der Waals surface area (Å²) in [7, 11) is 0. The van der Waals surface area contributed by atoms with E-state index in [0.29, 0.717) is 11.8 Å². The molecule has 3 nitrogen and oxygen atoms in total. The van der Waals surface area contributed by atoms with Gasteiger partial charge in [-0.25, -0.2) is 4.39 Å². The number of pyridine rings is 1. The molecule has 4 heteroatoms. The normalized spacial score (nSPS) is 12.5. The summed E-state index contributed by atoms with van der Waals surface area (Å²) in [5.74, 6) is 5.49. The van der Waals surface area contributed by atoms with E-state index in [2.05, 4.69) is 10.4 Å². The number of nitrogens with one attached hydrogen (secondary N) is 1. The first-order valence-corrected chi connectivity index (χ1v) is 6.83. The summed E-state index contributed by atoms with van der Waals surface area (Å²) in [4.78, 5) is 4.32. The van der Waals surface area contributed by atoms with Crippen LogP contribution in [-0.2, 0) is 6.42 Å². The van der Waals surface area contributed by atoms with Crippen LogP contribution in [0.2, 0.25) is 0 Å². The fourth-order valence-corrected chi connectivity index (χ4v) is 2.58. The summed E-state index contributed by atoms with van der Waals surface area (Å²) in [6.07, 6.45) is 2.40. The van der Waals surface area contributed by atoms with E-state index in [4.69, 9.17) is 5.84 Å². The maximum atomic E-state index is 13.9. The Bertz CT molecular complexity index is 743. The molecule has 21 heavy (non-hydrogen) atoms. The van der Waals surface area contributed by atoms with Gasteiger partial charge in [-0.1, -0.05) is 36.4 Å². The summed E-state index contributed by atoms with van der Waals surface area (Å²) in [6, 6.07) is 16.4. The zero-order valence-electron chi connectivity index (χ0n) is 11.5. The Kier molecular flexibility index (Phi) is 3.90. The zero-order valence-corrected chi connectivity index (χ0v) is 11.5. The molecule has 3 rings (SSSR count). The number of hydrazine groups is 1. The minimum Gasteiger partial charge on any atom is -0.271 e. The van der Waals surface area contributed by atoms with Crippen LogP contribution in [0.1, 0.15) is 17.3 Å². The minimum absolute atomic E-state index is 0.120. The van der Waals surface area contributed by atoms with Crippen molar-refractivity contribution in [2.24, 2.45) is 5.84 Å². The lowest BCUT2D eigenvalue weighted by Gasteiger charge is -2.18. The highest BCUT2D eigenvalue weighted by Gasteiger charge is 2.15. The van der Waals surface area contributed by atoms with E-state index in [0.717, 1.165) is 16.6 Å². The Morgan fingerprint density at radius 1 is 1.00 bits per heavy atom. The summed E-state index contributed by atoms with van der Waals surface area (Å²) in [5, 5.41) is 1.48. The van der Waals surface area contributed by atoms with Crippen LogP contribution in [0.25, 0.3) is 10.8 Å². The fraction of sp³-hybridized carbons (Fsp3) is 0.118. The van der Waals surface area contributed by atoms with E-state index in [1.807, 2.05) is 36.4 Å². The SMILES string of the molecule is NNC(Cc1ccccn1)c1ccc(F)c2ccccc12. The number of halogens is 1. The quantitative estimate of drug-likeness (QED) is 0.570. The molecule has 0 aliphatic heterocycles. The maximum absolute atomic E-state index is 13.9. The molecule has 2 aromatic carbocycles. The lowest BCUT2D eigenvalue weighted by Crippen LogP contribution is -2.30. The molecular weight excluding hydrogens is 265 g/mol. The smallest absolute Gasteiger partial charge is 0.131 e. The number of nitrogens with zero attached hydrogens (tertiary/aromatic N) is 1. The predicted molar refractivity (Wildman–Crippen MR) is 81.9 cm³/mol. The van der Waals surface area contributed by atoms with E-state index in [1.165, 1.54) is 6.07 Å². The molecule has 1 heterocycles. The standard InChI is InChI=1S/C17H16FN3/c18-16-9-8-15(13-6-1-2-7-14(13)16)17(21-19)11-12-5-3-4-10-20-12/h1-10,17,21H,11,19H2. The second-order valence-corrected chi connectivity index (χ2v) is 4.93. The summed E-state index contributed by atoms with van der Waals surface area (Å²) >= 11 is 0. The highest BCUT2D eigenvalue weighted by molar-refractivity contribution is 5.86. The van der Waals surface area contributed by atoms with Crippen molar-refractivity contribution >= 4 is 10.8 Å². The van der Waals surface area contributed by atoms with Gasteiger partial charge in [0.1, 0.15) is 5.82 Å². The van der Waals surface area contributed by atoms with Crippen LogP contribution in [-0.4, -0.2) is 4.98 Å². The lowest BCUT2D eigenvalue weighted by molar-refractivity contribution is 0.548. The number of fused-ring (bicyclic) bond motifs is 1. The maximum Gasteiger partial charge on any atom is 0.131 e. The molecule has 3 aromatic rings. The molecule has 0 aliphatic rings. The average Bonchev–Trinajstić information content (AvgIpc) is 2.55. The van der Waals surface area contributed by atoms with E-state index in [9.17, 15) is 4.39 Å². The Morgan fingerprint density at radius 2 is 1.76 bits per heavy atom. The van der Waals surface area contributed by atoms with Crippen LogP contribution >= 0.6 is 0 Å². The highest BCUT2D eigenvalue weighted by atomic mass is 19.1. The second-order valence-electron chi connectivity index (χ2n) is 4.93. The third-order valence-electron chi connectivity index (χ3n) is 3.62. The number of rotatable bonds is 4. The van der Waals surface area contributed by atoms with Gasteiger partial charge in [-0.2, -0.15) is 0 Å².